The van der Waals surface area contributed by atoms with Crippen LogP contribution in [0.1, 0.15) is 44.9 Å². The molecule has 4 rings (SSSR count). The largest absolute Gasteiger partial charge is 0.342 e. The predicted molar refractivity (Wildman–Crippen MR) is 81.9 cm³/mol. The highest BCUT2D eigenvalue weighted by atomic mass is 35.5. The van der Waals surface area contributed by atoms with E-state index in [1.54, 1.807) is 0 Å². The van der Waals surface area contributed by atoms with Crippen molar-refractivity contribution in [3.63, 3.8) is 0 Å². The van der Waals surface area contributed by atoms with Crippen molar-refractivity contribution in [3.8, 4) is 0 Å². The van der Waals surface area contributed by atoms with Gasteiger partial charge in [-0.3, -0.25) is 4.79 Å². The smallest absolute Gasteiger partial charge is 0.222 e. The Morgan fingerprint density at radius 1 is 1.10 bits per heavy atom. The molecule has 3 nitrogen and oxygen atoms in total. The molecule has 0 spiro atoms. The summed E-state index contributed by atoms with van der Waals surface area (Å²) in [4.78, 5) is 14.7. The molecule has 2 saturated heterocycles. The molecule has 20 heavy (non-hydrogen) atoms. The molecule has 0 aromatic heterocycles. The molecule has 5 unspecified atom stereocenters. The SMILES string of the molecule is Cl.O=C(CC1CC2CCC1C2)N1CCC2NCCC2C1. The predicted octanol–water partition coefficient (Wildman–Crippen LogP) is 2.44. The molecule has 0 radical (unpaired) electrons. The first kappa shape index (κ1) is 14.6. The van der Waals surface area contributed by atoms with E-state index in [4.69, 9.17) is 0 Å². The van der Waals surface area contributed by atoms with E-state index in [2.05, 4.69) is 10.2 Å². The van der Waals surface area contributed by atoms with Crippen LogP contribution in [0, 0.1) is 23.7 Å². The Labute approximate surface area is 128 Å². The molecular formula is C16H27ClN2O. The van der Waals surface area contributed by atoms with E-state index in [0.717, 1.165) is 49.7 Å². The lowest BCUT2D eigenvalue weighted by Gasteiger charge is -2.36. The summed E-state index contributed by atoms with van der Waals surface area (Å²) in [5, 5.41) is 3.58. The molecule has 5 atom stereocenters. The van der Waals surface area contributed by atoms with Crippen LogP contribution < -0.4 is 5.32 Å². The van der Waals surface area contributed by atoms with Crippen LogP contribution in [0.5, 0.6) is 0 Å². The molecule has 4 fully saturated rings. The minimum atomic E-state index is 0. The van der Waals surface area contributed by atoms with Crippen molar-refractivity contribution in [2.24, 2.45) is 23.7 Å². The van der Waals surface area contributed by atoms with Crippen molar-refractivity contribution in [2.45, 2.75) is 51.0 Å². The number of halogens is 1. The van der Waals surface area contributed by atoms with Gasteiger partial charge in [0, 0.05) is 25.6 Å². The summed E-state index contributed by atoms with van der Waals surface area (Å²) in [7, 11) is 0. The van der Waals surface area contributed by atoms with Gasteiger partial charge in [-0.25, -0.2) is 0 Å². The van der Waals surface area contributed by atoms with Gasteiger partial charge in [0.25, 0.3) is 0 Å². The summed E-state index contributed by atoms with van der Waals surface area (Å²) in [6.07, 6.45) is 8.90. The Bertz CT molecular complexity index is 375. The number of nitrogens with zero attached hydrogens (tertiary/aromatic N) is 1. The molecule has 1 N–H and O–H groups in total. The summed E-state index contributed by atoms with van der Waals surface area (Å²) in [6, 6.07) is 0.701. The van der Waals surface area contributed by atoms with E-state index in [0.29, 0.717) is 11.9 Å². The average molecular weight is 299 g/mol. The van der Waals surface area contributed by atoms with Crippen molar-refractivity contribution in [1.29, 1.82) is 0 Å². The Balaban J connectivity index is 0.00000121. The Morgan fingerprint density at radius 2 is 2.00 bits per heavy atom. The number of nitrogens with one attached hydrogen (secondary N) is 1. The van der Waals surface area contributed by atoms with Gasteiger partial charge in [-0.05, 0) is 62.3 Å². The zero-order valence-corrected chi connectivity index (χ0v) is 13.0. The molecule has 2 aliphatic heterocycles. The molecule has 2 bridgehead atoms. The van der Waals surface area contributed by atoms with E-state index in [9.17, 15) is 4.79 Å². The molecule has 0 aromatic rings. The second-order valence-corrected chi connectivity index (χ2v) is 7.38. The molecule has 0 aromatic carbocycles. The van der Waals surface area contributed by atoms with E-state index in [1.807, 2.05) is 0 Å². The first-order valence-corrected chi connectivity index (χ1v) is 8.31. The van der Waals surface area contributed by atoms with E-state index >= 15 is 0 Å². The third kappa shape index (κ3) is 2.59. The van der Waals surface area contributed by atoms with Crippen LogP contribution >= 0.6 is 12.4 Å². The molecule has 114 valence electrons. The molecule has 2 saturated carbocycles. The van der Waals surface area contributed by atoms with Gasteiger partial charge in [0.2, 0.25) is 5.91 Å². The second kappa shape index (κ2) is 5.84. The zero-order valence-electron chi connectivity index (χ0n) is 12.2. The minimum absolute atomic E-state index is 0. The number of amides is 1. The number of carbonyl (C=O) groups excluding carboxylic acids is 1. The van der Waals surface area contributed by atoms with E-state index < -0.39 is 0 Å². The first-order valence-electron chi connectivity index (χ1n) is 8.31. The van der Waals surface area contributed by atoms with Crippen molar-refractivity contribution in [1.82, 2.24) is 10.2 Å². The summed E-state index contributed by atoms with van der Waals surface area (Å²) in [6.45, 7) is 3.18. The van der Waals surface area contributed by atoms with Crippen molar-refractivity contribution in [2.75, 3.05) is 19.6 Å². The summed E-state index contributed by atoms with van der Waals surface area (Å²) < 4.78 is 0. The van der Waals surface area contributed by atoms with Crippen LogP contribution in [0.3, 0.4) is 0 Å². The molecule has 4 aliphatic rings. The highest BCUT2D eigenvalue weighted by Gasteiger charge is 2.41. The Kier molecular flexibility index (Phi) is 4.28. The molecule has 2 aliphatic carbocycles. The maximum absolute atomic E-state index is 12.5. The van der Waals surface area contributed by atoms with Gasteiger partial charge in [0.1, 0.15) is 0 Å². The summed E-state index contributed by atoms with van der Waals surface area (Å²) >= 11 is 0. The number of rotatable bonds is 2. The molecule has 1 amide bonds. The third-order valence-electron chi connectivity index (χ3n) is 6.33. The lowest BCUT2D eigenvalue weighted by Crippen LogP contribution is -2.47. The van der Waals surface area contributed by atoms with Crippen molar-refractivity contribution >= 4 is 18.3 Å². The van der Waals surface area contributed by atoms with Gasteiger partial charge in [0.15, 0.2) is 0 Å². The second-order valence-electron chi connectivity index (χ2n) is 7.38. The number of likely N-dealkylation sites (tertiary alicyclic amines) is 1. The topological polar surface area (TPSA) is 32.3 Å². The van der Waals surface area contributed by atoms with Crippen LogP contribution in [0.4, 0.5) is 0 Å². The standard InChI is InChI=1S/C16H26N2O.ClH/c19-16(9-14-8-11-1-2-12(14)7-11)18-6-4-15-13(10-18)3-5-17-15;/h11-15,17H,1-10H2;1H. The first-order chi connectivity index (χ1) is 9.29. The lowest BCUT2D eigenvalue weighted by molar-refractivity contribution is -0.134. The van der Waals surface area contributed by atoms with Crippen molar-refractivity contribution in [3.05, 3.63) is 0 Å². The molecule has 2 heterocycles. The number of fused-ring (bicyclic) bond motifs is 3. The summed E-state index contributed by atoms with van der Waals surface area (Å²) in [5.74, 6) is 3.78. The Morgan fingerprint density at radius 3 is 2.75 bits per heavy atom. The number of hydrogen-bond acceptors (Lipinski definition) is 2. The fraction of sp³-hybridized carbons (Fsp3) is 0.938. The number of carbonyl (C=O) groups is 1. The molecule has 4 heteroatoms. The fourth-order valence-corrected chi connectivity index (χ4v) is 5.25. The number of hydrogen-bond donors (Lipinski definition) is 1. The quantitative estimate of drug-likeness (QED) is 0.849. The Hall–Kier alpha value is -0.280. The van der Waals surface area contributed by atoms with Gasteiger partial charge in [-0.2, -0.15) is 0 Å². The fourth-order valence-electron chi connectivity index (χ4n) is 5.25. The number of piperidine rings is 1. The maximum atomic E-state index is 12.5. The highest BCUT2D eigenvalue weighted by molar-refractivity contribution is 5.85. The van der Waals surface area contributed by atoms with Gasteiger partial charge in [-0.15, -0.1) is 12.4 Å². The van der Waals surface area contributed by atoms with Crippen LogP contribution in [0.25, 0.3) is 0 Å². The van der Waals surface area contributed by atoms with Crippen LogP contribution in [0.2, 0.25) is 0 Å². The highest BCUT2D eigenvalue weighted by Crippen LogP contribution is 2.49. The van der Waals surface area contributed by atoms with Crippen LogP contribution in [-0.2, 0) is 4.79 Å². The normalized spacial score (nSPS) is 42.4. The van der Waals surface area contributed by atoms with Gasteiger partial charge in [-0.1, -0.05) is 6.42 Å². The molecular weight excluding hydrogens is 272 g/mol. The van der Waals surface area contributed by atoms with E-state index in [-0.39, 0.29) is 12.4 Å². The monoisotopic (exact) mass is 298 g/mol. The van der Waals surface area contributed by atoms with Gasteiger partial charge >= 0.3 is 0 Å². The third-order valence-corrected chi connectivity index (χ3v) is 6.33. The lowest BCUT2D eigenvalue weighted by atomic mass is 9.85. The minimum Gasteiger partial charge on any atom is -0.342 e. The van der Waals surface area contributed by atoms with Crippen LogP contribution in [0.15, 0.2) is 0 Å². The average Bonchev–Trinajstić information content (AvgIpc) is 3.13. The van der Waals surface area contributed by atoms with Gasteiger partial charge < -0.3 is 10.2 Å². The van der Waals surface area contributed by atoms with Crippen molar-refractivity contribution < 1.29 is 4.79 Å². The van der Waals surface area contributed by atoms with Crippen LogP contribution in [-0.4, -0.2) is 36.5 Å². The summed E-state index contributed by atoms with van der Waals surface area (Å²) in [5.41, 5.74) is 0. The maximum Gasteiger partial charge on any atom is 0.222 e. The van der Waals surface area contributed by atoms with Gasteiger partial charge in [0.05, 0.1) is 0 Å². The zero-order chi connectivity index (χ0) is 12.8. The van der Waals surface area contributed by atoms with E-state index in [1.165, 1.54) is 38.5 Å².